The molecule has 0 aliphatic carbocycles. The summed E-state index contributed by atoms with van der Waals surface area (Å²) in [4.78, 5) is 28.1. The quantitative estimate of drug-likeness (QED) is 0.412. The predicted octanol–water partition coefficient (Wildman–Crippen LogP) is 5.06. The lowest BCUT2D eigenvalue weighted by molar-refractivity contribution is -0.116. The summed E-state index contributed by atoms with van der Waals surface area (Å²) >= 11 is 1.17. The Balaban J connectivity index is 1.40. The van der Waals surface area contributed by atoms with Crippen LogP contribution in [-0.4, -0.2) is 30.1 Å². The summed E-state index contributed by atoms with van der Waals surface area (Å²) in [6, 6.07) is 15.6. The van der Waals surface area contributed by atoms with E-state index in [2.05, 4.69) is 20.4 Å². The number of para-hydroxylation sites is 1. The first kappa shape index (κ1) is 23.1. The number of thiazole rings is 1. The minimum atomic E-state index is -2.95. The van der Waals surface area contributed by atoms with E-state index < -0.39 is 12.7 Å². The number of aromatic nitrogens is 1. The SMILES string of the molecule is O=C(CCCNC(=O)OCc1ccccc1)Nc1nc(-c2ccccc2OC(F)F)cs1. The van der Waals surface area contributed by atoms with Crippen molar-refractivity contribution in [3.05, 3.63) is 65.5 Å². The molecule has 2 N–H and O–H groups in total. The van der Waals surface area contributed by atoms with Crippen LogP contribution in [0, 0.1) is 0 Å². The van der Waals surface area contributed by atoms with Crippen molar-refractivity contribution in [2.45, 2.75) is 26.1 Å². The zero-order valence-corrected chi connectivity index (χ0v) is 17.7. The van der Waals surface area contributed by atoms with Crippen molar-refractivity contribution < 1.29 is 27.8 Å². The van der Waals surface area contributed by atoms with Crippen molar-refractivity contribution in [2.75, 3.05) is 11.9 Å². The Kier molecular flexibility index (Phi) is 8.50. The number of hydrogen-bond donors (Lipinski definition) is 2. The number of nitrogens with one attached hydrogen (secondary N) is 2. The average Bonchev–Trinajstić information content (AvgIpc) is 3.24. The lowest BCUT2D eigenvalue weighted by atomic mass is 10.1. The lowest BCUT2D eigenvalue weighted by Crippen LogP contribution is -2.26. The number of nitrogens with zero attached hydrogens (tertiary/aromatic N) is 1. The third-order valence-electron chi connectivity index (χ3n) is 4.19. The van der Waals surface area contributed by atoms with E-state index in [-0.39, 0.29) is 31.2 Å². The molecule has 0 aliphatic rings. The van der Waals surface area contributed by atoms with E-state index in [0.29, 0.717) is 22.8 Å². The molecule has 2 aromatic carbocycles. The van der Waals surface area contributed by atoms with Crippen LogP contribution in [-0.2, 0) is 16.1 Å². The van der Waals surface area contributed by atoms with Crippen molar-refractivity contribution >= 4 is 28.5 Å². The van der Waals surface area contributed by atoms with E-state index in [4.69, 9.17) is 4.74 Å². The second kappa shape index (κ2) is 11.8. The summed E-state index contributed by atoms with van der Waals surface area (Å²) in [6.45, 7) is -2.49. The molecule has 0 spiro atoms. The fourth-order valence-electron chi connectivity index (χ4n) is 2.73. The zero-order chi connectivity index (χ0) is 22.8. The molecule has 0 fully saturated rings. The minimum absolute atomic E-state index is 0.0101. The maximum absolute atomic E-state index is 12.6. The van der Waals surface area contributed by atoms with Crippen LogP contribution >= 0.6 is 11.3 Å². The van der Waals surface area contributed by atoms with Crippen LogP contribution in [0.3, 0.4) is 0 Å². The van der Waals surface area contributed by atoms with Crippen LogP contribution in [0.2, 0.25) is 0 Å². The highest BCUT2D eigenvalue weighted by atomic mass is 32.1. The van der Waals surface area contributed by atoms with Gasteiger partial charge in [0.1, 0.15) is 12.4 Å². The monoisotopic (exact) mass is 461 g/mol. The molecule has 0 saturated carbocycles. The fourth-order valence-corrected chi connectivity index (χ4v) is 3.45. The first-order chi connectivity index (χ1) is 15.5. The Morgan fingerprint density at radius 3 is 2.59 bits per heavy atom. The molecule has 7 nitrogen and oxygen atoms in total. The van der Waals surface area contributed by atoms with Gasteiger partial charge >= 0.3 is 12.7 Å². The Labute approximate surface area is 187 Å². The lowest BCUT2D eigenvalue weighted by Gasteiger charge is -2.08. The fraction of sp³-hybridized carbons (Fsp3) is 0.227. The van der Waals surface area contributed by atoms with Gasteiger partial charge in [0.2, 0.25) is 5.91 Å². The first-order valence-electron chi connectivity index (χ1n) is 9.75. The average molecular weight is 461 g/mol. The number of ether oxygens (including phenoxy) is 2. The van der Waals surface area contributed by atoms with Crippen LogP contribution in [0.4, 0.5) is 18.7 Å². The topological polar surface area (TPSA) is 89.6 Å². The number of alkyl halides is 2. The molecule has 1 aromatic heterocycles. The largest absolute Gasteiger partial charge is 0.445 e. The van der Waals surface area contributed by atoms with Gasteiger partial charge in [0.25, 0.3) is 0 Å². The van der Waals surface area contributed by atoms with Crippen molar-refractivity contribution in [1.82, 2.24) is 10.3 Å². The highest BCUT2D eigenvalue weighted by Crippen LogP contribution is 2.33. The second-order valence-corrected chi connectivity index (χ2v) is 7.41. The van der Waals surface area contributed by atoms with Gasteiger partial charge < -0.3 is 20.1 Å². The molecule has 32 heavy (non-hydrogen) atoms. The van der Waals surface area contributed by atoms with Crippen LogP contribution < -0.4 is 15.4 Å². The number of halogens is 2. The number of carbonyl (C=O) groups is 2. The van der Waals surface area contributed by atoms with E-state index in [1.54, 1.807) is 23.6 Å². The minimum Gasteiger partial charge on any atom is -0.445 e. The van der Waals surface area contributed by atoms with Gasteiger partial charge in [-0.15, -0.1) is 11.3 Å². The van der Waals surface area contributed by atoms with E-state index in [9.17, 15) is 18.4 Å². The van der Waals surface area contributed by atoms with Gasteiger partial charge in [-0.05, 0) is 24.1 Å². The molecule has 0 radical (unpaired) electrons. The number of carbonyl (C=O) groups excluding carboxylic acids is 2. The Morgan fingerprint density at radius 1 is 1.06 bits per heavy atom. The molecule has 3 rings (SSSR count). The maximum atomic E-state index is 12.6. The number of alkyl carbamates (subject to hydrolysis) is 1. The standard InChI is InChI=1S/C22H21F2N3O4S/c23-20(24)31-18-10-5-4-9-16(18)17-14-32-21(26-17)27-19(28)11-6-12-25-22(29)30-13-15-7-2-1-3-8-15/h1-5,7-10,14,20H,6,11-13H2,(H,25,29)(H,26,27,28). The third kappa shape index (κ3) is 7.31. The molecule has 168 valence electrons. The number of rotatable bonds is 10. The van der Waals surface area contributed by atoms with Crippen molar-refractivity contribution in [1.29, 1.82) is 0 Å². The maximum Gasteiger partial charge on any atom is 0.407 e. The van der Waals surface area contributed by atoms with Gasteiger partial charge in [0.15, 0.2) is 5.13 Å². The van der Waals surface area contributed by atoms with Gasteiger partial charge in [0.05, 0.1) is 5.69 Å². The molecular formula is C22H21F2N3O4S. The molecule has 0 bridgehead atoms. The highest BCUT2D eigenvalue weighted by molar-refractivity contribution is 7.14. The normalized spacial score (nSPS) is 10.6. The van der Waals surface area contributed by atoms with Gasteiger partial charge in [-0.1, -0.05) is 42.5 Å². The number of hydrogen-bond acceptors (Lipinski definition) is 6. The molecule has 3 aromatic rings. The molecule has 10 heteroatoms. The summed E-state index contributed by atoms with van der Waals surface area (Å²) in [5.41, 5.74) is 1.71. The van der Waals surface area contributed by atoms with Crippen LogP contribution in [0.5, 0.6) is 5.75 Å². The smallest absolute Gasteiger partial charge is 0.407 e. The summed E-state index contributed by atoms with van der Waals surface area (Å²) in [6.07, 6.45) is 0.0256. The van der Waals surface area contributed by atoms with Gasteiger partial charge in [-0.3, -0.25) is 4.79 Å². The van der Waals surface area contributed by atoms with Crippen LogP contribution in [0.15, 0.2) is 60.0 Å². The number of amides is 2. The van der Waals surface area contributed by atoms with Gasteiger partial charge in [-0.25, -0.2) is 9.78 Å². The third-order valence-corrected chi connectivity index (χ3v) is 4.95. The van der Waals surface area contributed by atoms with E-state index in [1.807, 2.05) is 30.3 Å². The first-order valence-corrected chi connectivity index (χ1v) is 10.6. The summed E-state index contributed by atoms with van der Waals surface area (Å²) in [7, 11) is 0. The predicted molar refractivity (Wildman–Crippen MR) is 117 cm³/mol. The Bertz CT molecular complexity index is 1030. The summed E-state index contributed by atoms with van der Waals surface area (Å²) in [5.74, 6) is -0.265. The highest BCUT2D eigenvalue weighted by Gasteiger charge is 2.14. The molecule has 0 saturated heterocycles. The van der Waals surface area contributed by atoms with E-state index in [0.717, 1.165) is 5.56 Å². The molecular weight excluding hydrogens is 440 g/mol. The number of benzene rings is 2. The second-order valence-electron chi connectivity index (χ2n) is 6.55. The Hall–Kier alpha value is -3.53. The van der Waals surface area contributed by atoms with E-state index >= 15 is 0 Å². The van der Waals surface area contributed by atoms with Gasteiger partial charge in [0, 0.05) is 23.9 Å². The molecule has 0 atom stereocenters. The van der Waals surface area contributed by atoms with Crippen molar-refractivity contribution in [3.63, 3.8) is 0 Å². The van der Waals surface area contributed by atoms with Crippen molar-refractivity contribution in [2.24, 2.45) is 0 Å². The molecule has 1 heterocycles. The zero-order valence-electron chi connectivity index (χ0n) is 16.9. The number of anilines is 1. The van der Waals surface area contributed by atoms with E-state index in [1.165, 1.54) is 17.4 Å². The van der Waals surface area contributed by atoms with Crippen LogP contribution in [0.1, 0.15) is 18.4 Å². The molecule has 2 amide bonds. The van der Waals surface area contributed by atoms with Crippen molar-refractivity contribution in [3.8, 4) is 17.0 Å². The summed E-state index contributed by atoms with van der Waals surface area (Å²) < 4.78 is 34.8. The Morgan fingerprint density at radius 2 is 1.81 bits per heavy atom. The summed E-state index contributed by atoms with van der Waals surface area (Å²) in [5, 5.41) is 7.24. The molecule has 0 aliphatic heterocycles. The van der Waals surface area contributed by atoms with Crippen LogP contribution in [0.25, 0.3) is 11.3 Å². The molecule has 0 unspecified atom stereocenters. The van der Waals surface area contributed by atoms with Gasteiger partial charge in [-0.2, -0.15) is 8.78 Å².